The molecule has 1 atom stereocenters. The van der Waals surface area contributed by atoms with Crippen molar-refractivity contribution in [2.75, 3.05) is 0 Å². The van der Waals surface area contributed by atoms with Crippen molar-refractivity contribution in [1.29, 1.82) is 0 Å². The Balaban J connectivity index is 0.00000267. The number of para-hydroxylation sites is 1. The fraction of sp³-hybridized carbons (Fsp3) is 0.0667. The Labute approximate surface area is 218 Å². The number of rotatable bonds is 6. The van der Waals surface area contributed by atoms with E-state index in [0.717, 1.165) is 33.1 Å². The topological polar surface area (TPSA) is 39.0 Å². The molecule has 36 heavy (non-hydrogen) atoms. The molecule has 2 aromatic heterocycles. The summed E-state index contributed by atoms with van der Waals surface area (Å²) in [6.07, 6.45) is 5.81. The van der Waals surface area contributed by atoms with E-state index in [9.17, 15) is 9.18 Å². The summed E-state index contributed by atoms with van der Waals surface area (Å²) < 4.78 is 23.2. The van der Waals surface area contributed by atoms with E-state index in [0.29, 0.717) is 5.56 Å². The van der Waals surface area contributed by atoms with Gasteiger partial charge in [0.1, 0.15) is 29.4 Å². The monoisotopic (exact) mass is 540 g/mol. The van der Waals surface area contributed by atoms with Gasteiger partial charge in [0.25, 0.3) is 0 Å². The molecule has 6 rings (SSSR count). The first-order chi connectivity index (χ1) is 17.2. The molecule has 4 aromatic carbocycles. The number of hydrogen-bond acceptors (Lipinski definition) is 2. The van der Waals surface area contributed by atoms with Gasteiger partial charge in [0.2, 0.25) is 12.1 Å². The van der Waals surface area contributed by atoms with Crippen molar-refractivity contribution in [3.8, 4) is 0 Å². The molecule has 2 heterocycles. The molecular formula is C30H22BrFN2O2. The van der Waals surface area contributed by atoms with Crippen LogP contribution in [0.2, 0.25) is 0 Å². The second-order valence-corrected chi connectivity index (χ2v) is 8.63. The van der Waals surface area contributed by atoms with Gasteiger partial charge in [-0.3, -0.25) is 4.79 Å². The quantitative estimate of drug-likeness (QED) is 0.240. The second-order valence-electron chi connectivity index (χ2n) is 8.63. The fourth-order valence-corrected chi connectivity index (χ4v) is 4.64. The van der Waals surface area contributed by atoms with Crippen molar-refractivity contribution in [2.24, 2.45) is 0 Å². The zero-order chi connectivity index (χ0) is 23.8. The number of fused-ring (bicyclic) bond motifs is 3. The molecule has 0 aliphatic heterocycles. The molecular weight excluding hydrogens is 519 g/mol. The van der Waals surface area contributed by atoms with Crippen molar-refractivity contribution in [3.05, 3.63) is 138 Å². The summed E-state index contributed by atoms with van der Waals surface area (Å²) in [5.41, 5.74) is 4.46. The molecule has 0 amide bonds. The van der Waals surface area contributed by atoms with E-state index < -0.39 is 0 Å². The number of carbonyl (C=O) groups is 1. The number of Topliss-reactive ketones (excluding diaryl/α,β-unsaturated/α-hetero) is 1. The number of aromatic nitrogens is 2. The molecule has 0 N–H and O–H groups in total. The van der Waals surface area contributed by atoms with Gasteiger partial charge in [0, 0.05) is 27.5 Å². The predicted molar refractivity (Wildman–Crippen MR) is 133 cm³/mol. The number of hydrogen-bond donors (Lipinski definition) is 0. The van der Waals surface area contributed by atoms with Crippen molar-refractivity contribution in [2.45, 2.75) is 12.6 Å². The average Bonchev–Trinajstić information content (AvgIpc) is 3.49. The molecule has 0 spiro atoms. The van der Waals surface area contributed by atoms with Gasteiger partial charge in [-0.25, -0.2) is 13.5 Å². The van der Waals surface area contributed by atoms with Crippen molar-refractivity contribution >= 4 is 27.7 Å². The highest BCUT2D eigenvalue weighted by Gasteiger charge is 2.23. The van der Waals surface area contributed by atoms with Crippen LogP contribution in [0.1, 0.15) is 27.5 Å². The molecule has 178 valence electrons. The van der Waals surface area contributed by atoms with Gasteiger partial charge >= 0.3 is 0 Å². The molecule has 0 aliphatic rings. The third-order valence-electron chi connectivity index (χ3n) is 6.33. The maximum absolute atomic E-state index is 13.2. The molecule has 0 radical (unpaired) electrons. The average molecular weight is 541 g/mol. The minimum atomic E-state index is -0.353. The van der Waals surface area contributed by atoms with Crippen LogP contribution in [0, 0.1) is 5.82 Å². The Morgan fingerprint density at radius 3 is 2.36 bits per heavy atom. The number of halogens is 2. The first-order valence-electron chi connectivity index (χ1n) is 11.5. The van der Waals surface area contributed by atoms with Gasteiger partial charge < -0.3 is 21.4 Å². The molecule has 6 aromatic rings. The molecule has 1 unspecified atom stereocenters. The molecule has 0 saturated heterocycles. The van der Waals surface area contributed by atoms with Gasteiger partial charge in [-0.05, 0) is 42.5 Å². The van der Waals surface area contributed by atoms with E-state index >= 15 is 0 Å². The zero-order valence-electron chi connectivity index (χ0n) is 19.2. The van der Waals surface area contributed by atoms with Crippen LogP contribution in [0.4, 0.5) is 4.39 Å². The van der Waals surface area contributed by atoms with E-state index in [-0.39, 0.29) is 41.2 Å². The Hall–Kier alpha value is -4.03. The molecule has 0 bridgehead atoms. The number of benzene rings is 4. The van der Waals surface area contributed by atoms with Crippen LogP contribution in [0.3, 0.4) is 0 Å². The summed E-state index contributed by atoms with van der Waals surface area (Å²) >= 11 is 0. The van der Waals surface area contributed by atoms with Crippen LogP contribution >= 0.6 is 0 Å². The summed E-state index contributed by atoms with van der Waals surface area (Å²) in [5.74, 6) is -0.427. The lowest BCUT2D eigenvalue weighted by atomic mass is 9.97. The highest BCUT2D eigenvalue weighted by molar-refractivity contribution is 6.05. The molecule has 4 nitrogen and oxygen atoms in total. The van der Waals surface area contributed by atoms with Crippen LogP contribution in [0.5, 0.6) is 0 Å². The Bertz CT molecular complexity index is 1660. The molecule has 0 saturated carbocycles. The van der Waals surface area contributed by atoms with Crippen molar-refractivity contribution in [3.63, 3.8) is 0 Å². The van der Waals surface area contributed by atoms with Gasteiger partial charge in [-0.1, -0.05) is 54.6 Å². The third kappa shape index (κ3) is 4.48. The number of carbonyl (C=O) groups excluding carboxylic acids is 1. The first kappa shape index (κ1) is 23.7. The molecule has 6 heteroatoms. The Morgan fingerprint density at radius 1 is 0.833 bits per heavy atom. The fourth-order valence-electron chi connectivity index (χ4n) is 4.64. The minimum Gasteiger partial charge on any atom is -1.00 e. The van der Waals surface area contributed by atoms with Gasteiger partial charge in [0.15, 0.2) is 12.6 Å². The smallest absolute Gasteiger partial charge is 0.244 e. The summed E-state index contributed by atoms with van der Waals surface area (Å²) in [5, 5.41) is 2.16. The summed E-state index contributed by atoms with van der Waals surface area (Å²) in [7, 11) is 0. The van der Waals surface area contributed by atoms with Crippen LogP contribution in [0.15, 0.2) is 120 Å². The lowest BCUT2D eigenvalue weighted by molar-refractivity contribution is -0.682. The highest BCUT2D eigenvalue weighted by Crippen LogP contribution is 2.33. The van der Waals surface area contributed by atoms with Crippen molar-refractivity contribution < 1.29 is 35.2 Å². The standard InChI is InChI=1S/C30H22FN2O2.BrH/c31-24-13-10-21(11-14-24)27(34)19-32-16-17-33(20-32)30(22-6-2-1-3-7-22)23-12-15-29-26(18-23)25-8-4-5-9-28(25)35-29;/h1-18,20,30H,19H2;1H/q+1;/p-1. The summed E-state index contributed by atoms with van der Waals surface area (Å²) in [6.45, 7) is 0.172. The summed E-state index contributed by atoms with van der Waals surface area (Å²) in [6, 6.07) is 30.2. The normalized spacial score (nSPS) is 11.9. The third-order valence-corrected chi connectivity index (χ3v) is 6.33. The molecule has 0 aliphatic carbocycles. The lowest BCUT2D eigenvalue weighted by Crippen LogP contribution is -3.00. The molecule has 0 fully saturated rings. The second kappa shape index (κ2) is 9.91. The van der Waals surface area contributed by atoms with Gasteiger partial charge in [-0.15, -0.1) is 0 Å². The van der Waals surface area contributed by atoms with Gasteiger partial charge in [0.05, 0.1) is 0 Å². The zero-order valence-corrected chi connectivity index (χ0v) is 20.8. The van der Waals surface area contributed by atoms with Crippen molar-refractivity contribution in [1.82, 2.24) is 4.57 Å². The number of ketones is 1. The lowest BCUT2D eigenvalue weighted by Gasteiger charge is -2.15. The van der Waals surface area contributed by atoms with Crippen LogP contribution < -0.4 is 21.5 Å². The maximum atomic E-state index is 13.2. The number of furan rings is 1. The highest BCUT2D eigenvalue weighted by atomic mass is 79.9. The van der Waals surface area contributed by atoms with Crippen LogP contribution in [-0.4, -0.2) is 10.4 Å². The minimum absolute atomic E-state index is 0. The predicted octanol–water partition coefficient (Wildman–Crippen LogP) is 3.34. The SMILES string of the molecule is O=C(C[n+]1ccn(C(c2ccccc2)c2ccc3oc4ccccc4c3c2)c1)c1ccc(F)cc1.[Br-]. The van der Waals surface area contributed by atoms with E-state index in [1.165, 1.54) is 24.3 Å². The first-order valence-corrected chi connectivity index (χ1v) is 11.5. The van der Waals surface area contributed by atoms with Gasteiger partial charge in [-0.2, -0.15) is 0 Å². The number of imidazole rings is 1. The van der Waals surface area contributed by atoms with E-state index in [2.05, 4.69) is 34.9 Å². The largest absolute Gasteiger partial charge is 1.00 e. The maximum Gasteiger partial charge on any atom is 0.244 e. The van der Waals surface area contributed by atoms with Crippen LogP contribution in [0.25, 0.3) is 21.9 Å². The van der Waals surface area contributed by atoms with E-state index in [1.54, 1.807) is 0 Å². The summed E-state index contributed by atoms with van der Waals surface area (Å²) in [4.78, 5) is 12.7. The van der Waals surface area contributed by atoms with Crippen LogP contribution in [-0.2, 0) is 6.54 Å². The van der Waals surface area contributed by atoms with E-state index in [1.807, 2.05) is 65.8 Å². The van der Waals surface area contributed by atoms with E-state index in [4.69, 9.17) is 4.42 Å². The Morgan fingerprint density at radius 2 is 1.56 bits per heavy atom. The number of nitrogens with zero attached hydrogens (tertiary/aromatic N) is 2. The Kier molecular flexibility index (Phi) is 6.53.